The minimum Gasteiger partial charge on any atom is -0.416 e. The molecule has 0 fully saturated rings. The number of nitrogens with zero attached hydrogens (tertiary/aromatic N) is 3. The Balaban J connectivity index is 1.53. The third-order valence-electron chi connectivity index (χ3n) is 4.30. The van der Waals surface area contributed by atoms with Crippen molar-refractivity contribution >= 4 is 34.3 Å². The van der Waals surface area contributed by atoms with Crippen LogP contribution < -0.4 is 0 Å². The molecule has 0 spiro atoms. The van der Waals surface area contributed by atoms with Crippen LogP contribution in [0.4, 0.5) is 0 Å². The molecule has 7 heteroatoms. The summed E-state index contributed by atoms with van der Waals surface area (Å²) < 4.78 is 5.57. The predicted molar refractivity (Wildman–Crippen MR) is 103 cm³/mol. The SMILES string of the molecule is C=C(C)CSc1nnc(CCN2C(=O)c3cccc4cccc(c34)C2=O)o1. The molecule has 0 aliphatic carbocycles. The smallest absolute Gasteiger partial charge is 0.276 e. The zero-order valence-corrected chi connectivity index (χ0v) is 15.6. The number of benzene rings is 2. The second kappa shape index (κ2) is 7.00. The normalized spacial score (nSPS) is 13.4. The molecule has 1 aromatic heterocycles. The molecule has 3 aromatic rings. The molecule has 0 radical (unpaired) electrons. The van der Waals surface area contributed by atoms with Gasteiger partial charge >= 0.3 is 0 Å². The highest BCUT2D eigenvalue weighted by atomic mass is 32.2. The molecule has 0 atom stereocenters. The maximum Gasteiger partial charge on any atom is 0.276 e. The van der Waals surface area contributed by atoms with E-state index in [1.165, 1.54) is 16.7 Å². The molecular formula is C20H17N3O3S. The lowest BCUT2D eigenvalue weighted by atomic mass is 9.94. The lowest BCUT2D eigenvalue weighted by molar-refractivity contribution is 0.0610. The summed E-state index contributed by atoms with van der Waals surface area (Å²) in [5.74, 6) is 0.518. The van der Waals surface area contributed by atoms with Crippen LogP contribution in [0, 0.1) is 0 Å². The van der Waals surface area contributed by atoms with Crippen molar-refractivity contribution in [2.75, 3.05) is 12.3 Å². The van der Waals surface area contributed by atoms with Crippen molar-refractivity contribution in [3.8, 4) is 0 Å². The molecule has 0 saturated heterocycles. The molecule has 0 saturated carbocycles. The van der Waals surface area contributed by atoms with Gasteiger partial charge in [0.25, 0.3) is 17.0 Å². The Kier molecular flexibility index (Phi) is 4.53. The minimum absolute atomic E-state index is 0.190. The number of thioether (sulfide) groups is 1. The van der Waals surface area contributed by atoms with Crippen LogP contribution in [0.2, 0.25) is 0 Å². The quantitative estimate of drug-likeness (QED) is 0.369. The maximum atomic E-state index is 12.8. The van der Waals surface area contributed by atoms with Crippen LogP contribution in [0.5, 0.6) is 0 Å². The van der Waals surface area contributed by atoms with Gasteiger partial charge < -0.3 is 4.42 Å². The second-order valence-electron chi connectivity index (χ2n) is 6.43. The Morgan fingerprint density at radius 3 is 2.41 bits per heavy atom. The summed E-state index contributed by atoms with van der Waals surface area (Å²) in [6.45, 7) is 5.95. The van der Waals surface area contributed by atoms with E-state index in [0.29, 0.717) is 34.4 Å². The summed E-state index contributed by atoms with van der Waals surface area (Å²) in [6, 6.07) is 11.0. The van der Waals surface area contributed by atoms with E-state index in [0.717, 1.165) is 16.3 Å². The third kappa shape index (κ3) is 3.26. The van der Waals surface area contributed by atoms with E-state index in [2.05, 4.69) is 16.8 Å². The Hall–Kier alpha value is -2.93. The number of carbonyl (C=O) groups excluding carboxylic acids is 2. The predicted octanol–water partition coefficient (Wildman–Crippen LogP) is 3.73. The monoisotopic (exact) mass is 379 g/mol. The molecule has 6 nitrogen and oxygen atoms in total. The molecule has 1 aliphatic heterocycles. The summed E-state index contributed by atoms with van der Waals surface area (Å²) in [7, 11) is 0. The van der Waals surface area contributed by atoms with Crippen molar-refractivity contribution in [1.29, 1.82) is 0 Å². The van der Waals surface area contributed by atoms with Gasteiger partial charge in [0.2, 0.25) is 5.89 Å². The molecule has 0 N–H and O–H groups in total. The molecule has 2 aromatic carbocycles. The van der Waals surface area contributed by atoms with E-state index in [9.17, 15) is 9.59 Å². The minimum atomic E-state index is -0.291. The zero-order chi connectivity index (χ0) is 19.0. The zero-order valence-electron chi connectivity index (χ0n) is 14.8. The van der Waals surface area contributed by atoms with Gasteiger partial charge in [-0.25, -0.2) is 0 Å². The first-order valence-electron chi connectivity index (χ1n) is 8.52. The second-order valence-corrected chi connectivity index (χ2v) is 7.36. The number of carbonyl (C=O) groups is 2. The maximum absolute atomic E-state index is 12.8. The Bertz CT molecular complexity index is 1020. The van der Waals surface area contributed by atoms with Gasteiger partial charge in [0, 0.05) is 35.2 Å². The molecular weight excluding hydrogens is 362 g/mol. The van der Waals surface area contributed by atoms with Crippen LogP contribution in [-0.2, 0) is 6.42 Å². The van der Waals surface area contributed by atoms with Gasteiger partial charge in [0.05, 0.1) is 0 Å². The molecule has 2 heterocycles. The van der Waals surface area contributed by atoms with Crippen molar-refractivity contribution in [2.45, 2.75) is 18.6 Å². The first kappa shape index (κ1) is 17.5. The number of aromatic nitrogens is 2. The van der Waals surface area contributed by atoms with E-state index >= 15 is 0 Å². The average Bonchev–Trinajstić information content (AvgIpc) is 3.12. The number of hydrogen-bond donors (Lipinski definition) is 0. The highest BCUT2D eigenvalue weighted by Crippen LogP contribution is 2.30. The van der Waals surface area contributed by atoms with Crippen molar-refractivity contribution in [1.82, 2.24) is 15.1 Å². The Morgan fingerprint density at radius 1 is 1.11 bits per heavy atom. The van der Waals surface area contributed by atoms with Crippen LogP contribution in [0.25, 0.3) is 10.8 Å². The molecule has 0 bridgehead atoms. The van der Waals surface area contributed by atoms with Gasteiger partial charge in [-0.2, -0.15) is 0 Å². The molecule has 4 rings (SSSR count). The largest absolute Gasteiger partial charge is 0.416 e. The van der Waals surface area contributed by atoms with Crippen LogP contribution in [-0.4, -0.2) is 39.2 Å². The lowest BCUT2D eigenvalue weighted by Gasteiger charge is -2.26. The van der Waals surface area contributed by atoms with Crippen LogP contribution in [0.1, 0.15) is 33.5 Å². The van der Waals surface area contributed by atoms with E-state index in [1.54, 1.807) is 12.1 Å². The molecule has 1 aliphatic rings. The molecule has 27 heavy (non-hydrogen) atoms. The van der Waals surface area contributed by atoms with Crippen LogP contribution >= 0.6 is 11.8 Å². The highest BCUT2D eigenvalue weighted by Gasteiger charge is 2.32. The van der Waals surface area contributed by atoms with E-state index in [-0.39, 0.29) is 18.4 Å². The molecule has 136 valence electrons. The first-order chi connectivity index (χ1) is 13.0. The van der Waals surface area contributed by atoms with E-state index < -0.39 is 0 Å². The third-order valence-corrected chi connectivity index (χ3v) is 5.34. The fourth-order valence-corrected chi connectivity index (χ4v) is 3.70. The van der Waals surface area contributed by atoms with Crippen molar-refractivity contribution in [3.05, 3.63) is 65.6 Å². The van der Waals surface area contributed by atoms with Gasteiger partial charge in [0.15, 0.2) is 0 Å². The van der Waals surface area contributed by atoms with E-state index in [4.69, 9.17) is 4.42 Å². The lowest BCUT2D eigenvalue weighted by Crippen LogP contribution is -2.41. The van der Waals surface area contributed by atoms with Gasteiger partial charge in [-0.3, -0.25) is 14.5 Å². The van der Waals surface area contributed by atoms with Gasteiger partial charge in [-0.05, 0) is 24.4 Å². The Labute approximate surface area is 160 Å². The molecule has 2 amide bonds. The highest BCUT2D eigenvalue weighted by molar-refractivity contribution is 7.99. The van der Waals surface area contributed by atoms with E-state index in [1.807, 2.05) is 31.2 Å². The molecule has 0 unspecified atom stereocenters. The summed E-state index contributed by atoms with van der Waals surface area (Å²) in [4.78, 5) is 26.9. The fraction of sp³-hybridized carbons (Fsp3) is 0.200. The summed E-state index contributed by atoms with van der Waals surface area (Å²) in [5, 5.41) is 10.0. The van der Waals surface area contributed by atoms with Crippen LogP contribution in [0.3, 0.4) is 0 Å². The van der Waals surface area contributed by atoms with Crippen molar-refractivity contribution in [3.63, 3.8) is 0 Å². The fourth-order valence-electron chi connectivity index (χ4n) is 3.07. The van der Waals surface area contributed by atoms with Crippen LogP contribution in [0.15, 0.2) is 58.2 Å². The van der Waals surface area contributed by atoms with Gasteiger partial charge in [0.1, 0.15) is 0 Å². The number of amides is 2. The van der Waals surface area contributed by atoms with Gasteiger partial charge in [-0.1, -0.05) is 48.2 Å². The average molecular weight is 379 g/mol. The standard InChI is InChI=1S/C20H17N3O3S/c1-12(2)11-27-20-22-21-16(26-20)9-10-23-18(24)14-7-3-5-13-6-4-8-15(17(13)14)19(23)25/h3-8H,1,9-11H2,2H3. The summed E-state index contributed by atoms with van der Waals surface area (Å²) in [6.07, 6.45) is 0.316. The number of rotatable bonds is 6. The Morgan fingerprint density at radius 2 is 1.78 bits per heavy atom. The first-order valence-corrected chi connectivity index (χ1v) is 9.50. The topological polar surface area (TPSA) is 76.3 Å². The van der Waals surface area contributed by atoms with Gasteiger partial charge in [-0.15, -0.1) is 10.2 Å². The number of hydrogen-bond acceptors (Lipinski definition) is 6. The summed E-state index contributed by atoms with van der Waals surface area (Å²) in [5.41, 5.74) is 2.11. The van der Waals surface area contributed by atoms with Crippen molar-refractivity contribution in [2.24, 2.45) is 0 Å². The summed E-state index contributed by atoms with van der Waals surface area (Å²) >= 11 is 1.41. The number of imide groups is 1. The van der Waals surface area contributed by atoms with Crippen molar-refractivity contribution < 1.29 is 14.0 Å².